The first-order chi connectivity index (χ1) is 15.7. The summed E-state index contributed by atoms with van der Waals surface area (Å²) < 4.78 is 0. The first-order valence-corrected chi connectivity index (χ1v) is 11.0. The number of carbonyl (C=O) groups is 2. The molecule has 0 radical (unpaired) electrons. The van der Waals surface area contributed by atoms with Crippen LogP contribution in [0.25, 0.3) is 11.3 Å². The number of imidazole rings is 1. The van der Waals surface area contributed by atoms with Gasteiger partial charge in [0, 0.05) is 31.0 Å². The lowest BCUT2D eigenvalue weighted by Crippen LogP contribution is -2.41. The van der Waals surface area contributed by atoms with Crippen molar-refractivity contribution in [3.63, 3.8) is 0 Å². The van der Waals surface area contributed by atoms with E-state index in [9.17, 15) is 9.59 Å². The third-order valence-corrected chi connectivity index (χ3v) is 6.03. The van der Waals surface area contributed by atoms with Gasteiger partial charge in [0.25, 0.3) is 0 Å². The number of H-pyrrole nitrogens is 1. The lowest BCUT2D eigenvalue weighted by Gasteiger charge is -2.34. The molecule has 2 aliphatic rings. The van der Waals surface area contributed by atoms with Gasteiger partial charge in [-0.15, -0.1) is 0 Å². The predicted molar refractivity (Wildman–Crippen MR) is 124 cm³/mol. The van der Waals surface area contributed by atoms with Gasteiger partial charge in [0.2, 0.25) is 0 Å². The molecular formula is C24H26N6O2. The van der Waals surface area contributed by atoms with Crippen LogP contribution in [0.5, 0.6) is 0 Å². The number of aromatic nitrogens is 2. The van der Waals surface area contributed by atoms with E-state index in [1.54, 1.807) is 4.90 Å². The number of rotatable bonds is 4. The van der Waals surface area contributed by atoms with Crippen LogP contribution in [-0.4, -0.2) is 46.6 Å². The van der Waals surface area contributed by atoms with Crippen molar-refractivity contribution in [3.05, 3.63) is 66.6 Å². The molecule has 1 aromatic heterocycles. The zero-order valence-corrected chi connectivity index (χ0v) is 17.8. The molecule has 4 amide bonds. The van der Waals surface area contributed by atoms with Crippen molar-refractivity contribution < 1.29 is 9.59 Å². The number of carbonyl (C=O) groups excluding carboxylic acids is 2. The molecule has 3 aromatic rings. The molecule has 2 aromatic carbocycles. The Kier molecular flexibility index (Phi) is 5.49. The molecule has 8 nitrogen and oxygen atoms in total. The van der Waals surface area contributed by atoms with E-state index in [2.05, 4.69) is 20.6 Å². The van der Waals surface area contributed by atoms with Crippen LogP contribution in [0.3, 0.4) is 0 Å². The molecule has 2 aliphatic heterocycles. The third kappa shape index (κ3) is 4.03. The maximum atomic E-state index is 13.2. The number of amides is 4. The number of urea groups is 2. The van der Waals surface area contributed by atoms with E-state index in [1.165, 1.54) is 0 Å². The molecule has 32 heavy (non-hydrogen) atoms. The SMILES string of the molecule is O=C1NCCN1c1cccc(NC(=O)N2CCCCC2c2ncc(-c3ccccc3)[nH]2)c1. The van der Waals surface area contributed by atoms with Gasteiger partial charge in [-0.2, -0.15) is 0 Å². The Balaban J connectivity index is 1.33. The fourth-order valence-corrected chi connectivity index (χ4v) is 4.39. The number of anilines is 2. The van der Waals surface area contributed by atoms with Crippen LogP contribution in [-0.2, 0) is 0 Å². The van der Waals surface area contributed by atoms with Crippen molar-refractivity contribution >= 4 is 23.4 Å². The summed E-state index contributed by atoms with van der Waals surface area (Å²) in [5.41, 5.74) is 3.46. The number of nitrogens with zero attached hydrogens (tertiary/aromatic N) is 3. The van der Waals surface area contributed by atoms with Gasteiger partial charge in [0.15, 0.2) is 0 Å². The van der Waals surface area contributed by atoms with Crippen molar-refractivity contribution in [2.24, 2.45) is 0 Å². The van der Waals surface area contributed by atoms with E-state index in [-0.39, 0.29) is 18.1 Å². The zero-order valence-electron chi connectivity index (χ0n) is 17.8. The number of piperidine rings is 1. The zero-order chi connectivity index (χ0) is 21.9. The molecular weight excluding hydrogens is 404 g/mol. The fraction of sp³-hybridized carbons (Fsp3) is 0.292. The van der Waals surface area contributed by atoms with E-state index >= 15 is 0 Å². The molecule has 0 spiro atoms. The number of likely N-dealkylation sites (tertiary alicyclic amines) is 1. The van der Waals surface area contributed by atoms with Gasteiger partial charge in [0.05, 0.1) is 17.9 Å². The molecule has 5 rings (SSSR count). The minimum absolute atomic E-state index is 0.103. The normalized spacial score (nSPS) is 18.5. The first-order valence-electron chi connectivity index (χ1n) is 11.0. The Morgan fingerprint density at radius 2 is 1.94 bits per heavy atom. The minimum atomic E-state index is -0.157. The highest BCUT2D eigenvalue weighted by atomic mass is 16.2. The molecule has 8 heteroatoms. The maximum Gasteiger partial charge on any atom is 0.322 e. The van der Waals surface area contributed by atoms with Gasteiger partial charge >= 0.3 is 12.1 Å². The fourth-order valence-electron chi connectivity index (χ4n) is 4.39. The van der Waals surface area contributed by atoms with E-state index in [0.717, 1.165) is 42.0 Å². The van der Waals surface area contributed by atoms with Crippen LogP contribution < -0.4 is 15.5 Å². The average molecular weight is 431 g/mol. The quantitative estimate of drug-likeness (QED) is 0.574. The summed E-state index contributed by atoms with van der Waals surface area (Å²) in [7, 11) is 0. The lowest BCUT2D eigenvalue weighted by molar-refractivity contribution is 0.160. The van der Waals surface area contributed by atoms with Crippen molar-refractivity contribution in [2.45, 2.75) is 25.3 Å². The van der Waals surface area contributed by atoms with Crippen LogP contribution >= 0.6 is 0 Å². The second-order valence-electron chi connectivity index (χ2n) is 8.12. The monoisotopic (exact) mass is 430 g/mol. The van der Waals surface area contributed by atoms with Gasteiger partial charge in [-0.3, -0.25) is 4.90 Å². The molecule has 2 saturated heterocycles. The van der Waals surface area contributed by atoms with Crippen LogP contribution in [0, 0.1) is 0 Å². The second kappa shape index (κ2) is 8.74. The molecule has 1 unspecified atom stereocenters. The molecule has 0 bridgehead atoms. The van der Waals surface area contributed by atoms with Crippen LogP contribution in [0.15, 0.2) is 60.8 Å². The smallest absolute Gasteiger partial charge is 0.322 e. The number of hydrogen-bond acceptors (Lipinski definition) is 3. The van der Waals surface area contributed by atoms with Gasteiger partial charge in [-0.1, -0.05) is 36.4 Å². The summed E-state index contributed by atoms with van der Waals surface area (Å²) in [5, 5.41) is 5.81. The Morgan fingerprint density at radius 1 is 1.06 bits per heavy atom. The molecule has 164 valence electrons. The number of hydrogen-bond donors (Lipinski definition) is 3. The standard InChI is InChI=1S/C24H26N6O2/c31-23-25-12-14-29(23)19-10-6-9-18(15-19)27-24(32)30-13-5-4-11-21(30)22-26-16-20(28-22)17-7-2-1-3-8-17/h1-3,6-10,15-16,21H,4-5,11-14H2,(H,25,31)(H,26,28)(H,27,32). The minimum Gasteiger partial charge on any atom is -0.340 e. The van der Waals surface area contributed by atoms with Gasteiger partial charge in [-0.25, -0.2) is 14.6 Å². The molecule has 1 atom stereocenters. The Morgan fingerprint density at radius 3 is 2.75 bits per heavy atom. The number of nitrogens with one attached hydrogen (secondary N) is 3. The Bertz CT molecular complexity index is 1110. The lowest BCUT2D eigenvalue weighted by atomic mass is 10.0. The van der Waals surface area contributed by atoms with E-state index in [4.69, 9.17) is 0 Å². The average Bonchev–Trinajstić information content (AvgIpc) is 3.49. The van der Waals surface area contributed by atoms with Crippen molar-refractivity contribution in [1.82, 2.24) is 20.2 Å². The summed E-state index contributed by atoms with van der Waals surface area (Å²) in [6.07, 6.45) is 4.71. The highest BCUT2D eigenvalue weighted by Crippen LogP contribution is 2.31. The van der Waals surface area contributed by atoms with Crippen LogP contribution in [0.2, 0.25) is 0 Å². The van der Waals surface area contributed by atoms with Gasteiger partial charge in [-0.05, 0) is 43.0 Å². The largest absolute Gasteiger partial charge is 0.340 e. The first kappa shape index (κ1) is 20.1. The van der Waals surface area contributed by atoms with Crippen molar-refractivity contribution in [2.75, 3.05) is 29.9 Å². The summed E-state index contributed by atoms with van der Waals surface area (Å²) in [5.74, 6) is 0.807. The second-order valence-corrected chi connectivity index (χ2v) is 8.12. The van der Waals surface area contributed by atoms with Gasteiger partial charge in [0.1, 0.15) is 5.82 Å². The van der Waals surface area contributed by atoms with Gasteiger partial charge < -0.3 is 20.5 Å². The molecule has 3 heterocycles. The summed E-state index contributed by atoms with van der Waals surface area (Å²) >= 11 is 0. The Labute approximate surface area is 186 Å². The summed E-state index contributed by atoms with van der Waals surface area (Å²) in [4.78, 5) is 36.7. The third-order valence-electron chi connectivity index (χ3n) is 6.03. The maximum absolute atomic E-state index is 13.2. The van der Waals surface area contributed by atoms with Crippen LogP contribution in [0.1, 0.15) is 31.1 Å². The summed E-state index contributed by atoms with van der Waals surface area (Å²) in [6, 6.07) is 17.1. The number of aromatic amines is 1. The van der Waals surface area contributed by atoms with Crippen molar-refractivity contribution in [3.8, 4) is 11.3 Å². The molecule has 2 fully saturated rings. The van der Waals surface area contributed by atoms with Crippen LogP contribution in [0.4, 0.5) is 21.0 Å². The van der Waals surface area contributed by atoms with E-state index in [0.29, 0.717) is 25.3 Å². The van der Waals surface area contributed by atoms with Crippen molar-refractivity contribution in [1.29, 1.82) is 0 Å². The molecule has 0 aliphatic carbocycles. The highest BCUT2D eigenvalue weighted by Gasteiger charge is 2.30. The van der Waals surface area contributed by atoms with E-state index in [1.807, 2.05) is 65.7 Å². The molecule has 0 saturated carbocycles. The summed E-state index contributed by atoms with van der Waals surface area (Å²) in [6.45, 7) is 1.91. The molecule has 3 N–H and O–H groups in total. The topological polar surface area (TPSA) is 93.4 Å². The number of benzene rings is 2. The predicted octanol–water partition coefficient (Wildman–Crippen LogP) is 4.37. The van der Waals surface area contributed by atoms with E-state index < -0.39 is 0 Å². The highest BCUT2D eigenvalue weighted by molar-refractivity contribution is 5.96. The Hall–Kier alpha value is -3.81.